The van der Waals surface area contributed by atoms with Crippen molar-refractivity contribution in [2.75, 3.05) is 5.32 Å². The van der Waals surface area contributed by atoms with Crippen LogP contribution in [0.4, 0.5) is 5.82 Å². The number of nitrogens with zero attached hydrogens (tertiary/aromatic N) is 1. The molecule has 19 heavy (non-hydrogen) atoms. The van der Waals surface area contributed by atoms with Gasteiger partial charge in [-0.1, -0.05) is 45.9 Å². The molecular formula is C17H22N2. The van der Waals surface area contributed by atoms with Gasteiger partial charge in [0.15, 0.2) is 0 Å². The maximum Gasteiger partial charge on any atom is 0.129 e. The van der Waals surface area contributed by atoms with Gasteiger partial charge in [0.2, 0.25) is 0 Å². The van der Waals surface area contributed by atoms with Crippen molar-refractivity contribution in [2.45, 2.75) is 40.7 Å². The summed E-state index contributed by atoms with van der Waals surface area (Å²) in [6, 6.07) is 11.0. The number of anilines is 1. The molecule has 1 saturated carbocycles. The highest BCUT2D eigenvalue weighted by atomic mass is 15.1. The summed E-state index contributed by atoms with van der Waals surface area (Å²) in [4.78, 5) is 4.77. The summed E-state index contributed by atoms with van der Waals surface area (Å²) in [5.41, 5.74) is 2.93. The van der Waals surface area contributed by atoms with E-state index in [-0.39, 0.29) is 0 Å². The zero-order valence-corrected chi connectivity index (χ0v) is 12.4. The Balaban J connectivity index is 1.96. The van der Waals surface area contributed by atoms with E-state index in [0.717, 1.165) is 11.3 Å². The maximum atomic E-state index is 4.77. The van der Waals surface area contributed by atoms with Gasteiger partial charge in [0.25, 0.3) is 0 Å². The number of benzene rings is 1. The monoisotopic (exact) mass is 254 g/mol. The lowest BCUT2D eigenvalue weighted by atomic mass is 10.0. The molecule has 100 valence electrons. The Hall–Kier alpha value is -1.57. The summed E-state index contributed by atoms with van der Waals surface area (Å²) in [5.74, 6) is 1.03. The second kappa shape index (κ2) is 3.72. The Bertz CT molecular complexity index is 627. The number of rotatable bonds is 2. The van der Waals surface area contributed by atoms with Crippen molar-refractivity contribution in [2.24, 2.45) is 10.8 Å². The van der Waals surface area contributed by atoms with Crippen LogP contribution in [-0.2, 0) is 0 Å². The highest BCUT2D eigenvalue weighted by Gasteiger charge is 2.65. The Morgan fingerprint density at radius 3 is 2.32 bits per heavy atom. The van der Waals surface area contributed by atoms with Gasteiger partial charge < -0.3 is 5.32 Å². The van der Waals surface area contributed by atoms with Crippen LogP contribution >= 0.6 is 0 Å². The molecule has 0 spiro atoms. The first kappa shape index (κ1) is 12.5. The lowest BCUT2D eigenvalue weighted by Gasteiger charge is -2.11. The van der Waals surface area contributed by atoms with E-state index in [1.807, 2.05) is 6.07 Å². The van der Waals surface area contributed by atoms with Crippen molar-refractivity contribution >= 4 is 16.7 Å². The van der Waals surface area contributed by atoms with Crippen LogP contribution in [0.15, 0.2) is 30.3 Å². The molecule has 1 aromatic heterocycles. The van der Waals surface area contributed by atoms with Crippen LogP contribution in [0.5, 0.6) is 0 Å². The van der Waals surface area contributed by atoms with Crippen LogP contribution in [0, 0.1) is 17.8 Å². The molecule has 0 atom stereocenters. The Labute approximate surface area is 115 Å². The van der Waals surface area contributed by atoms with Gasteiger partial charge >= 0.3 is 0 Å². The number of pyridine rings is 1. The predicted octanol–water partition coefficient (Wildman–Crippen LogP) is 4.39. The molecule has 2 aromatic rings. The predicted molar refractivity (Wildman–Crippen MR) is 81.5 cm³/mol. The average molecular weight is 254 g/mol. The van der Waals surface area contributed by atoms with E-state index in [2.05, 4.69) is 64.2 Å². The third kappa shape index (κ3) is 1.73. The van der Waals surface area contributed by atoms with Crippen molar-refractivity contribution < 1.29 is 0 Å². The van der Waals surface area contributed by atoms with Gasteiger partial charge in [0.05, 0.1) is 5.52 Å². The lowest BCUT2D eigenvalue weighted by Crippen LogP contribution is -2.12. The van der Waals surface area contributed by atoms with Gasteiger partial charge in [-0.2, -0.15) is 0 Å². The number of aromatic nitrogens is 1. The maximum absolute atomic E-state index is 4.77. The number of aryl methyl sites for hydroxylation is 1. The lowest BCUT2D eigenvalue weighted by molar-refractivity contribution is 0.457. The van der Waals surface area contributed by atoms with E-state index in [4.69, 9.17) is 4.98 Å². The molecule has 1 heterocycles. The van der Waals surface area contributed by atoms with Crippen molar-refractivity contribution in [3.63, 3.8) is 0 Å². The van der Waals surface area contributed by atoms with E-state index >= 15 is 0 Å². The van der Waals surface area contributed by atoms with Crippen LogP contribution in [0.1, 0.15) is 33.3 Å². The van der Waals surface area contributed by atoms with E-state index in [0.29, 0.717) is 16.9 Å². The molecule has 1 aliphatic carbocycles. The quantitative estimate of drug-likeness (QED) is 0.859. The smallest absolute Gasteiger partial charge is 0.129 e. The Morgan fingerprint density at radius 2 is 1.68 bits per heavy atom. The first-order chi connectivity index (χ1) is 8.84. The van der Waals surface area contributed by atoms with E-state index in [9.17, 15) is 0 Å². The fourth-order valence-corrected chi connectivity index (χ4v) is 3.06. The molecule has 1 fully saturated rings. The van der Waals surface area contributed by atoms with Crippen molar-refractivity contribution in [1.29, 1.82) is 0 Å². The number of nitrogens with one attached hydrogen (secondary N) is 1. The second-order valence-electron chi connectivity index (χ2n) is 6.87. The molecule has 0 amide bonds. The fraction of sp³-hybridized carbons (Fsp3) is 0.471. The molecule has 0 radical (unpaired) electrons. The first-order valence-corrected chi connectivity index (χ1v) is 6.97. The van der Waals surface area contributed by atoms with Gasteiger partial charge in [-0.15, -0.1) is 0 Å². The van der Waals surface area contributed by atoms with Gasteiger partial charge in [-0.3, -0.25) is 0 Å². The van der Waals surface area contributed by atoms with Gasteiger partial charge in [-0.05, 0) is 35.4 Å². The number of para-hydroxylation sites is 1. The third-order valence-corrected chi connectivity index (χ3v) is 5.22. The number of hydrogen-bond donors (Lipinski definition) is 1. The summed E-state index contributed by atoms with van der Waals surface area (Å²) in [6.45, 7) is 11.4. The van der Waals surface area contributed by atoms with Crippen molar-refractivity contribution in [1.82, 2.24) is 4.98 Å². The van der Waals surface area contributed by atoms with Crippen LogP contribution in [0.25, 0.3) is 10.9 Å². The summed E-state index contributed by atoms with van der Waals surface area (Å²) in [7, 11) is 0. The van der Waals surface area contributed by atoms with Crippen molar-refractivity contribution in [3.8, 4) is 0 Å². The molecule has 1 aromatic carbocycles. The molecule has 2 nitrogen and oxygen atoms in total. The molecule has 3 rings (SSSR count). The average Bonchev–Trinajstić information content (AvgIpc) is 2.72. The van der Waals surface area contributed by atoms with Crippen LogP contribution in [0.3, 0.4) is 0 Å². The molecular weight excluding hydrogens is 232 g/mol. The van der Waals surface area contributed by atoms with Gasteiger partial charge in [0.1, 0.15) is 5.82 Å². The normalized spacial score (nSPS) is 20.5. The van der Waals surface area contributed by atoms with E-state index < -0.39 is 0 Å². The second-order valence-corrected chi connectivity index (χ2v) is 6.87. The Morgan fingerprint density at radius 1 is 1.05 bits per heavy atom. The zero-order valence-electron chi connectivity index (χ0n) is 12.4. The summed E-state index contributed by atoms with van der Waals surface area (Å²) < 4.78 is 0. The number of fused-ring (bicyclic) bond motifs is 1. The fourth-order valence-electron chi connectivity index (χ4n) is 3.06. The minimum atomic E-state index is 0.326. The highest BCUT2D eigenvalue weighted by Crippen LogP contribution is 2.63. The third-order valence-electron chi connectivity index (χ3n) is 5.22. The summed E-state index contributed by atoms with van der Waals surface area (Å²) in [6.07, 6.45) is 0. The minimum Gasteiger partial charge on any atom is -0.366 e. The largest absolute Gasteiger partial charge is 0.366 e. The Kier molecular flexibility index (Phi) is 2.44. The minimum absolute atomic E-state index is 0.326. The molecule has 2 heteroatoms. The standard InChI is InChI=1S/C17H22N2/c1-11-10-12-8-6-7-9-13(12)18-14(11)19-15-16(2,3)17(15,4)5/h6-10,15H,1-5H3,(H,18,19). The van der Waals surface area contributed by atoms with Gasteiger partial charge in [0, 0.05) is 11.4 Å². The topological polar surface area (TPSA) is 24.9 Å². The zero-order chi connectivity index (χ0) is 13.8. The highest BCUT2D eigenvalue weighted by molar-refractivity contribution is 5.81. The molecule has 1 N–H and O–H groups in total. The molecule has 0 bridgehead atoms. The van der Waals surface area contributed by atoms with E-state index in [1.165, 1.54) is 10.9 Å². The summed E-state index contributed by atoms with van der Waals surface area (Å²) in [5, 5.41) is 4.85. The van der Waals surface area contributed by atoms with E-state index in [1.54, 1.807) is 0 Å². The van der Waals surface area contributed by atoms with Gasteiger partial charge in [-0.25, -0.2) is 4.98 Å². The molecule has 0 aliphatic heterocycles. The molecule has 1 aliphatic rings. The first-order valence-electron chi connectivity index (χ1n) is 6.97. The summed E-state index contributed by atoms with van der Waals surface area (Å²) >= 11 is 0. The van der Waals surface area contributed by atoms with Crippen LogP contribution in [-0.4, -0.2) is 11.0 Å². The SMILES string of the molecule is Cc1cc2ccccc2nc1NC1C(C)(C)C1(C)C. The number of hydrogen-bond acceptors (Lipinski definition) is 2. The van der Waals surface area contributed by atoms with Crippen LogP contribution in [0.2, 0.25) is 0 Å². The molecule has 0 saturated heterocycles. The van der Waals surface area contributed by atoms with Crippen molar-refractivity contribution in [3.05, 3.63) is 35.9 Å². The molecule has 0 unspecified atom stereocenters. The van der Waals surface area contributed by atoms with Crippen LogP contribution < -0.4 is 5.32 Å².